The fraction of sp³-hybridized carbons (Fsp3) is 0.0182. The first-order valence-electron chi connectivity index (χ1n) is 20.4. The molecule has 1 aromatic heterocycles. The molecule has 9 aromatic carbocycles. The van der Waals surface area contributed by atoms with Gasteiger partial charge in [-0.05, 0) is 109 Å². The van der Waals surface area contributed by atoms with E-state index in [9.17, 15) is 0 Å². The molecule has 0 N–H and O–H groups in total. The predicted molar refractivity (Wildman–Crippen MR) is 242 cm³/mol. The smallest absolute Gasteiger partial charge is 0.182 e. The van der Waals surface area contributed by atoms with Gasteiger partial charge in [-0.3, -0.25) is 0 Å². The summed E-state index contributed by atoms with van der Waals surface area (Å²) in [4.78, 5) is 2.52. The molecule has 59 heavy (non-hydrogen) atoms. The minimum absolute atomic E-state index is 0.583. The van der Waals surface area contributed by atoms with Crippen molar-refractivity contribution in [1.82, 2.24) is 0 Å². The summed E-state index contributed by atoms with van der Waals surface area (Å²) >= 11 is 0. The van der Waals surface area contributed by atoms with Crippen molar-refractivity contribution in [1.29, 1.82) is 0 Å². The molecular weight excluding hydrogens is 735 g/mol. The zero-order chi connectivity index (χ0) is 38.5. The average molecular weight is 768 g/mol. The van der Waals surface area contributed by atoms with Crippen LogP contribution < -0.4 is 30.4 Å². The van der Waals surface area contributed by atoms with E-state index in [0.29, 0.717) is 0 Å². The van der Waals surface area contributed by atoms with Gasteiger partial charge in [0, 0.05) is 27.6 Å². The van der Waals surface area contributed by atoms with Gasteiger partial charge in [-0.15, -0.1) is 0 Å². The summed E-state index contributed by atoms with van der Waals surface area (Å²) in [7, 11) is -2.83. The highest BCUT2D eigenvalue weighted by Gasteiger charge is 2.55. The third-order valence-corrected chi connectivity index (χ3v) is 18.7. The quantitative estimate of drug-likeness (QED) is 0.156. The fourth-order valence-electron chi connectivity index (χ4n) is 11.6. The minimum atomic E-state index is -2.83. The molecule has 1 unspecified atom stereocenters. The van der Waals surface area contributed by atoms with Gasteiger partial charge in [0.2, 0.25) is 0 Å². The first-order valence-corrected chi connectivity index (χ1v) is 22.4. The fourth-order valence-corrected chi connectivity index (χ4v) is 17.2. The molecule has 0 radical (unpaired) electrons. The van der Waals surface area contributed by atoms with Gasteiger partial charge in [-0.25, -0.2) is 0 Å². The number of ether oxygens (including phenoxy) is 1. The maximum Gasteiger partial charge on any atom is 0.182 e. The van der Waals surface area contributed by atoms with E-state index in [1.165, 1.54) is 70.9 Å². The summed E-state index contributed by atoms with van der Waals surface area (Å²) in [5.74, 6) is 1.79. The Morgan fingerprint density at radius 3 is 1.59 bits per heavy atom. The Kier molecular flexibility index (Phi) is 5.99. The van der Waals surface area contributed by atoms with Crippen LogP contribution in [0.1, 0.15) is 22.3 Å². The van der Waals surface area contributed by atoms with Crippen LogP contribution in [0.4, 0.5) is 17.1 Å². The zero-order valence-electron chi connectivity index (χ0n) is 31.8. The van der Waals surface area contributed by atoms with Crippen LogP contribution in [0.25, 0.3) is 44.2 Å². The number of rotatable bonds is 1. The number of benzene rings is 9. The van der Waals surface area contributed by atoms with E-state index < -0.39 is 13.5 Å². The molecule has 3 nitrogen and oxygen atoms in total. The summed E-state index contributed by atoms with van der Waals surface area (Å²) < 4.78 is 13.2. The van der Waals surface area contributed by atoms with Crippen molar-refractivity contribution < 1.29 is 9.15 Å². The molecule has 4 aliphatic heterocycles. The number of hydrogen-bond donors (Lipinski definition) is 0. The number of fused-ring (bicyclic) bond motifs is 21. The van der Waals surface area contributed by atoms with Crippen LogP contribution >= 0.6 is 0 Å². The Balaban J connectivity index is 1.07. The van der Waals surface area contributed by atoms with Crippen LogP contribution in [-0.4, -0.2) is 8.07 Å². The van der Waals surface area contributed by atoms with Gasteiger partial charge in [0.05, 0.1) is 16.8 Å². The number of para-hydroxylation sites is 5. The predicted octanol–water partition coefficient (Wildman–Crippen LogP) is 11.2. The van der Waals surface area contributed by atoms with Gasteiger partial charge in [0.1, 0.15) is 22.7 Å². The van der Waals surface area contributed by atoms with E-state index in [2.05, 4.69) is 205 Å². The zero-order valence-corrected chi connectivity index (χ0v) is 32.8. The molecule has 2 spiro atoms. The van der Waals surface area contributed by atoms with Crippen LogP contribution in [0.2, 0.25) is 0 Å². The first kappa shape index (κ1) is 31.7. The van der Waals surface area contributed by atoms with Crippen LogP contribution in [0, 0.1) is 0 Å². The van der Waals surface area contributed by atoms with Crippen molar-refractivity contribution >= 4 is 67.8 Å². The van der Waals surface area contributed by atoms with Crippen LogP contribution in [0.5, 0.6) is 11.5 Å². The summed E-state index contributed by atoms with van der Waals surface area (Å²) in [6, 6.07) is 74.3. The number of furan rings is 1. The van der Waals surface area contributed by atoms with Crippen molar-refractivity contribution in [2.24, 2.45) is 0 Å². The van der Waals surface area contributed by atoms with Crippen molar-refractivity contribution in [3.8, 4) is 33.8 Å². The molecule has 1 atom stereocenters. The molecule has 4 heteroatoms. The largest absolute Gasteiger partial charge is 0.457 e. The van der Waals surface area contributed by atoms with Gasteiger partial charge in [0.25, 0.3) is 0 Å². The molecule has 0 aliphatic carbocycles. The summed E-state index contributed by atoms with van der Waals surface area (Å²) in [5.41, 5.74) is 14.9. The Bertz CT molecular complexity index is 3380. The monoisotopic (exact) mass is 767 g/mol. The second-order valence-corrected chi connectivity index (χ2v) is 19.9. The molecule has 274 valence electrons. The SMILES string of the molecule is c1ccc2c(c1)Oc1ccccc1C21c2ccccc2N(c2ccc3c(c2)[Si]2(c4ccccc4-3)c3ccccc3-c3cc4oc5ccccc5c4cc32)c2ccccc21. The second kappa shape index (κ2) is 11.2. The third kappa shape index (κ3) is 3.75. The lowest BCUT2D eigenvalue weighted by atomic mass is 9.61. The molecule has 10 aromatic rings. The summed E-state index contributed by atoms with van der Waals surface area (Å²) in [6.07, 6.45) is 0. The topological polar surface area (TPSA) is 25.6 Å². The minimum Gasteiger partial charge on any atom is -0.457 e. The Labute approximate surface area is 342 Å². The number of anilines is 3. The molecule has 5 heterocycles. The second-order valence-electron chi connectivity index (χ2n) is 16.3. The summed E-state index contributed by atoms with van der Waals surface area (Å²) in [6.45, 7) is 0. The highest BCUT2D eigenvalue weighted by molar-refractivity contribution is 7.24. The number of hydrogen-bond acceptors (Lipinski definition) is 3. The Morgan fingerprint density at radius 1 is 0.373 bits per heavy atom. The van der Waals surface area contributed by atoms with Crippen molar-refractivity contribution in [2.45, 2.75) is 5.41 Å². The normalized spacial score (nSPS) is 16.8. The van der Waals surface area contributed by atoms with Gasteiger partial charge < -0.3 is 14.1 Å². The third-order valence-electron chi connectivity index (χ3n) is 13.7. The molecule has 0 fully saturated rings. The molecular formula is C55H33NO2Si. The van der Waals surface area contributed by atoms with E-state index in [-0.39, 0.29) is 0 Å². The van der Waals surface area contributed by atoms with E-state index in [1.807, 2.05) is 0 Å². The van der Waals surface area contributed by atoms with Gasteiger partial charge in [-0.1, -0.05) is 146 Å². The lowest BCUT2D eigenvalue weighted by Crippen LogP contribution is -2.70. The average Bonchev–Trinajstić information content (AvgIpc) is 3.91. The molecule has 0 bridgehead atoms. The first-order chi connectivity index (χ1) is 29.3. The van der Waals surface area contributed by atoms with E-state index in [4.69, 9.17) is 9.15 Å². The van der Waals surface area contributed by atoms with E-state index in [1.54, 1.807) is 0 Å². The van der Waals surface area contributed by atoms with Crippen molar-refractivity contribution in [3.63, 3.8) is 0 Å². The molecule has 0 amide bonds. The van der Waals surface area contributed by atoms with Crippen LogP contribution in [0.15, 0.2) is 205 Å². The molecule has 0 saturated carbocycles. The van der Waals surface area contributed by atoms with Crippen molar-refractivity contribution in [2.75, 3.05) is 4.90 Å². The molecule has 0 saturated heterocycles. The van der Waals surface area contributed by atoms with Gasteiger partial charge in [0.15, 0.2) is 8.07 Å². The highest BCUT2D eigenvalue weighted by Crippen LogP contribution is 2.62. The van der Waals surface area contributed by atoms with Crippen molar-refractivity contribution in [3.05, 3.63) is 222 Å². The standard InChI is InChI=1S/C55H33NO2Si/c1-10-24-47-35(15-1)39-33-54-40(32-50(39)57-47)37-17-3-14-28-52(37)59(54)51-27-13-2-16-36(51)38-30-29-34(31-53(38)59)56-45-22-8-4-18-41(45)55(42-19-5-9-23-46(42)56)43-20-6-11-25-48(43)58-49-26-12-7-21-44(49)55/h1-33H. The van der Waals surface area contributed by atoms with E-state index >= 15 is 0 Å². The summed E-state index contributed by atoms with van der Waals surface area (Å²) in [5, 5.41) is 8.13. The maximum absolute atomic E-state index is 6.67. The lowest BCUT2D eigenvalue weighted by molar-refractivity contribution is 0.434. The highest BCUT2D eigenvalue weighted by atomic mass is 28.3. The van der Waals surface area contributed by atoms with Gasteiger partial charge in [-0.2, -0.15) is 0 Å². The maximum atomic E-state index is 6.67. The van der Waals surface area contributed by atoms with E-state index in [0.717, 1.165) is 44.9 Å². The molecule has 14 rings (SSSR count). The lowest BCUT2D eigenvalue weighted by Gasteiger charge is -2.48. The number of nitrogens with zero attached hydrogens (tertiary/aromatic N) is 1. The van der Waals surface area contributed by atoms with Gasteiger partial charge >= 0.3 is 0 Å². The van der Waals surface area contributed by atoms with Crippen LogP contribution in [0.3, 0.4) is 0 Å². The van der Waals surface area contributed by atoms with Crippen LogP contribution in [-0.2, 0) is 5.41 Å². The Hall–Kier alpha value is -7.40. The molecule has 4 aliphatic rings. The Morgan fingerprint density at radius 2 is 0.898 bits per heavy atom.